The summed E-state index contributed by atoms with van der Waals surface area (Å²) in [5.41, 5.74) is 2.86. The van der Waals surface area contributed by atoms with Crippen LogP contribution in [-0.4, -0.2) is 41.3 Å². The minimum atomic E-state index is -0.556. The molecule has 2 aromatic rings. The molecular formula is C27H35N3O2. The molecule has 5 nitrogen and oxygen atoms in total. The Morgan fingerprint density at radius 2 is 1.72 bits per heavy atom. The largest absolute Gasteiger partial charge is 0.356 e. The van der Waals surface area contributed by atoms with Gasteiger partial charge in [0.2, 0.25) is 11.8 Å². The molecule has 0 unspecified atom stereocenters. The fourth-order valence-corrected chi connectivity index (χ4v) is 5.34. The summed E-state index contributed by atoms with van der Waals surface area (Å²) < 4.78 is 0. The maximum Gasteiger partial charge on any atom is 0.228 e. The first-order valence-electron chi connectivity index (χ1n) is 12.2. The number of likely N-dealkylation sites (tertiary alicyclic amines) is 1. The number of nitrogens with one attached hydrogen (secondary N) is 1. The smallest absolute Gasteiger partial charge is 0.228 e. The van der Waals surface area contributed by atoms with Gasteiger partial charge in [-0.15, -0.1) is 0 Å². The molecule has 2 fully saturated rings. The van der Waals surface area contributed by atoms with Crippen molar-refractivity contribution >= 4 is 11.8 Å². The van der Waals surface area contributed by atoms with Crippen molar-refractivity contribution in [3.8, 4) is 11.1 Å². The molecule has 32 heavy (non-hydrogen) atoms. The Morgan fingerprint density at radius 1 is 1.03 bits per heavy atom. The van der Waals surface area contributed by atoms with Crippen LogP contribution in [-0.2, 0) is 16.0 Å². The number of hydrogen-bond donors (Lipinski definition) is 1. The second-order valence-corrected chi connectivity index (χ2v) is 9.49. The van der Waals surface area contributed by atoms with Crippen molar-refractivity contribution in [2.45, 2.75) is 58.3 Å². The van der Waals surface area contributed by atoms with E-state index in [1.165, 1.54) is 0 Å². The second-order valence-electron chi connectivity index (χ2n) is 9.49. The number of aromatic nitrogens is 1. The van der Waals surface area contributed by atoms with Crippen molar-refractivity contribution in [2.75, 3.05) is 19.6 Å². The van der Waals surface area contributed by atoms with Crippen LogP contribution in [0.15, 0.2) is 48.8 Å². The standard InChI is InChI=1S/C27H35N3O2/c1-2-15-29-26(32)27(14-5-18-30(20-27)25(31)24-6-3-4-7-24)19-21-8-10-22(11-9-21)23-12-16-28-17-13-23/h8-13,16-17,24H,2-7,14-15,18-20H2,1H3,(H,29,32)/t27-/m1/s1. The number of piperidine rings is 1. The van der Waals surface area contributed by atoms with Gasteiger partial charge < -0.3 is 10.2 Å². The number of carbonyl (C=O) groups is 2. The van der Waals surface area contributed by atoms with Crippen molar-refractivity contribution in [3.63, 3.8) is 0 Å². The Morgan fingerprint density at radius 3 is 2.41 bits per heavy atom. The number of carbonyl (C=O) groups excluding carboxylic acids is 2. The van der Waals surface area contributed by atoms with Crippen LogP contribution in [0, 0.1) is 11.3 Å². The topological polar surface area (TPSA) is 62.3 Å². The van der Waals surface area contributed by atoms with E-state index in [0.717, 1.165) is 68.2 Å². The lowest BCUT2D eigenvalue weighted by Gasteiger charge is -2.42. The molecule has 1 aromatic heterocycles. The van der Waals surface area contributed by atoms with E-state index in [2.05, 4.69) is 41.5 Å². The average Bonchev–Trinajstić information content (AvgIpc) is 3.38. The summed E-state index contributed by atoms with van der Waals surface area (Å²) in [6.45, 7) is 4.06. The van der Waals surface area contributed by atoms with Gasteiger partial charge in [-0.1, -0.05) is 44.0 Å². The van der Waals surface area contributed by atoms with Gasteiger partial charge in [0.25, 0.3) is 0 Å². The molecule has 1 saturated carbocycles. The van der Waals surface area contributed by atoms with Crippen molar-refractivity contribution in [3.05, 3.63) is 54.4 Å². The van der Waals surface area contributed by atoms with Gasteiger partial charge in [0.15, 0.2) is 0 Å². The summed E-state index contributed by atoms with van der Waals surface area (Å²) in [5.74, 6) is 0.522. The molecule has 1 saturated heterocycles. The Kier molecular flexibility index (Phi) is 7.23. The van der Waals surface area contributed by atoms with Crippen molar-refractivity contribution in [1.82, 2.24) is 15.2 Å². The van der Waals surface area contributed by atoms with Crippen LogP contribution in [0.5, 0.6) is 0 Å². The summed E-state index contributed by atoms with van der Waals surface area (Å²) in [4.78, 5) is 32.7. The van der Waals surface area contributed by atoms with Crippen molar-refractivity contribution in [2.24, 2.45) is 11.3 Å². The molecule has 2 aliphatic rings. The fraction of sp³-hybridized carbons (Fsp3) is 0.519. The summed E-state index contributed by atoms with van der Waals surface area (Å²) in [6, 6.07) is 12.5. The third-order valence-corrected chi connectivity index (χ3v) is 7.12. The fourth-order valence-electron chi connectivity index (χ4n) is 5.34. The summed E-state index contributed by atoms with van der Waals surface area (Å²) in [7, 11) is 0. The number of rotatable bonds is 7. The molecular weight excluding hydrogens is 398 g/mol. The zero-order valence-electron chi connectivity index (χ0n) is 19.2. The number of amides is 2. The molecule has 0 radical (unpaired) electrons. The number of pyridine rings is 1. The zero-order valence-corrected chi connectivity index (χ0v) is 19.2. The number of nitrogens with zero attached hydrogens (tertiary/aromatic N) is 2. The SMILES string of the molecule is CCCNC(=O)[C@@]1(Cc2ccc(-c3ccncc3)cc2)CCCN(C(=O)C2CCCC2)C1. The lowest BCUT2D eigenvalue weighted by atomic mass is 9.73. The first-order valence-corrected chi connectivity index (χ1v) is 12.2. The predicted octanol–water partition coefficient (Wildman–Crippen LogP) is 4.62. The molecule has 1 aliphatic carbocycles. The van der Waals surface area contributed by atoms with Crippen LogP contribution < -0.4 is 5.32 Å². The van der Waals surface area contributed by atoms with E-state index in [0.29, 0.717) is 19.5 Å². The highest BCUT2D eigenvalue weighted by atomic mass is 16.2. The number of benzene rings is 1. The third-order valence-electron chi connectivity index (χ3n) is 7.12. The highest BCUT2D eigenvalue weighted by Gasteiger charge is 2.44. The second kappa shape index (κ2) is 10.3. The van der Waals surface area contributed by atoms with Crippen LogP contribution in [0.2, 0.25) is 0 Å². The molecule has 2 heterocycles. The van der Waals surface area contributed by atoms with E-state index in [4.69, 9.17) is 0 Å². The highest BCUT2D eigenvalue weighted by molar-refractivity contribution is 5.85. The first-order chi connectivity index (χ1) is 15.6. The maximum atomic E-state index is 13.4. The van der Waals surface area contributed by atoms with Crippen molar-refractivity contribution in [1.29, 1.82) is 0 Å². The lowest BCUT2D eigenvalue weighted by molar-refractivity contribution is -0.144. The molecule has 4 rings (SSSR count). The van der Waals surface area contributed by atoms with E-state index in [9.17, 15) is 9.59 Å². The van der Waals surface area contributed by atoms with E-state index < -0.39 is 5.41 Å². The van der Waals surface area contributed by atoms with Gasteiger partial charge in [0.1, 0.15) is 0 Å². The molecule has 0 spiro atoms. The van der Waals surface area contributed by atoms with Crippen LogP contribution in [0.25, 0.3) is 11.1 Å². The van der Waals surface area contributed by atoms with Crippen LogP contribution in [0.4, 0.5) is 0 Å². The summed E-state index contributed by atoms with van der Waals surface area (Å²) in [6.07, 6.45) is 11.2. The van der Waals surface area contributed by atoms with Gasteiger partial charge in [0.05, 0.1) is 5.41 Å². The normalized spacial score (nSPS) is 21.5. The Balaban J connectivity index is 1.54. The van der Waals surface area contributed by atoms with E-state index in [1.807, 2.05) is 17.0 Å². The van der Waals surface area contributed by atoms with Crippen molar-refractivity contribution < 1.29 is 9.59 Å². The minimum absolute atomic E-state index is 0.0986. The quantitative estimate of drug-likeness (QED) is 0.693. The van der Waals surface area contributed by atoms with E-state index in [-0.39, 0.29) is 17.7 Å². The Bertz CT molecular complexity index is 906. The molecule has 2 amide bonds. The molecule has 0 bridgehead atoms. The summed E-state index contributed by atoms with van der Waals surface area (Å²) >= 11 is 0. The van der Waals surface area contributed by atoms with E-state index >= 15 is 0 Å². The molecule has 170 valence electrons. The summed E-state index contributed by atoms with van der Waals surface area (Å²) in [5, 5.41) is 3.15. The zero-order chi connectivity index (χ0) is 22.4. The van der Waals surface area contributed by atoms with Gasteiger partial charge in [-0.25, -0.2) is 0 Å². The Labute approximate surface area is 191 Å². The van der Waals surface area contributed by atoms with E-state index in [1.54, 1.807) is 12.4 Å². The lowest BCUT2D eigenvalue weighted by Crippen LogP contribution is -2.55. The molecule has 1 aliphatic heterocycles. The Hall–Kier alpha value is -2.69. The van der Waals surface area contributed by atoms with Gasteiger partial charge in [-0.2, -0.15) is 0 Å². The third kappa shape index (κ3) is 5.03. The van der Waals surface area contributed by atoms with Crippen LogP contribution in [0.1, 0.15) is 57.4 Å². The first kappa shape index (κ1) is 22.5. The average molecular weight is 434 g/mol. The van der Waals surface area contributed by atoms with Crippen LogP contribution >= 0.6 is 0 Å². The van der Waals surface area contributed by atoms with Gasteiger partial charge in [-0.3, -0.25) is 14.6 Å². The molecule has 1 N–H and O–H groups in total. The minimum Gasteiger partial charge on any atom is -0.356 e. The number of hydrogen-bond acceptors (Lipinski definition) is 3. The monoisotopic (exact) mass is 433 g/mol. The highest BCUT2D eigenvalue weighted by Crippen LogP contribution is 2.37. The van der Waals surface area contributed by atoms with Gasteiger partial charge in [-0.05, 0) is 67.3 Å². The molecule has 5 heteroatoms. The predicted molar refractivity (Wildman–Crippen MR) is 127 cm³/mol. The maximum absolute atomic E-state index is 13.4. The molecule has 1 aromatic carbocycles. The van der Waals surface area contributed by atoms with Gasteiger partial charge in [0, 0.05) is 37.9 Å². The molecule has 1 atom stereocenters. The van der Waals surface area contributed by atoms with Gasteiger partial charge >= 0.3 is 0 Å². The van der Waals surface area contributed by atoms with Crippen LogP contribution in [0.3, 0.4) is 0 Å².